The molecule has 1 unspecified atom stereocenters. The van der Waals surface area contributed by atoms with Crippen molar-refractivity contribution in [3.63, 3.8) is 0 Å². The minimum absolute atomic E-state index is 0.0628. The Morgan fingerprint density at radius 1 is 1.37 bits per heavy atom. The third-order valence-corrected chi connectivity index (χ3v) is 3.24. The first kappa shape index (κ1) is 15.6. The Balaban J connectivity index is 2.88. The van der Waals surface area contributed by atoms with Crippen LogP contribution in [0.4, 0.5) is 0 Å². The number of rotatable bonds is 4. The lowest BCUT2D eigenvalue weighted by Crippen LogP contribution is -2.44. The molecule has 0 aromatic carbocycles. The first-order chi connectivity index (χ1) is 8.75. The van der Waals surface area contributed by atoms with Crippen LogP contribution in [0, 0.1) is 19.3 Å². The normalized spacial score (nSPS) is 13.2. The van der Waals surface area contributed by atoms with Crippen LogP contribution in [0.5, 0.6) is 0 Å². The van der Waals surface area contributed by atoms with Crippen molar-refractivity contribution < 1.29 is 9.90 Å². The molecular formula is C15H24N2O2. The molecule has 106 valence electrons. The van der Waals surface area contributed by atoms with E-state index in [-0.39, 0.29) is 24.0 Å². The van der Waals surface area contributed by atoms with Crippen LogP contribution in [0.15, 0.2) is 12.1 Å². The van der Waals surface area contributed by atoms with E-state index in [9.17, 15) is 4.79 Å². The first-order valence-corrected chi connectivity index (χ1v) is 6.61. The maximum atomic E-state index is 12.3. The number of aromatic nitrogens is 1. The average molecular weight is 264 g/mol. The van der Waals surface area contributed by atoms with Gasteiger partial charge in [-0.3, -0.25) is 9.78 Å². The van der Waals surface area contributed by atoms with Gasteiger partial charge in [0.1, 0.15) is 0 Å². The molecule has 0 aliphatic rings. The third kappa shape index (κ3) is 4.31. The molecule has 1 heterocycles. The van der Waals surface area contributed by atoms with Gasteiger partial charge in [0.15, 0.2) is 0 Å². The van der Waals surface area contributed by atoms with E-state index in [1.54, 1.807) is 6.07 Å². The number of carbonyl (C=O) groups excluding carboxylic acids is 1. The summed E-state index contributed by atoms with van der Waals surface area (Å²) in [5.74, 6) is -0.127. The number of aliphatic hydroxyl groups excluding tert-OH is 1. The van der Waals surface area contributed by atoms with Crippen molar-refractivity contribution in [1.82, 2.24) is 10.3 Å². The van der Waals surface area contributed by atoms with Gasteiger partial charge in [0.05, 0.1) is 11.3 Å². The Hall–Kier alpha value is -1.42. The number of nitrogens with zero attached hydrogens (tertiary/aromatic N) is 1. The molecule has 0 saturated heterocycles. The minimum Gasteiger partial charge on any atom is -0.396 e. The molecule has 0 fully saturated rings. The number of aliphatic hydroxyl groups is 1. The minimum atomic E-state index is -0.127. The van der Waals surface area contributed by atoms with Crippen LogP contribution in [0.1, 0.15) is 48.9 Å². The maximum Gasteiger partial charge on any atom is 0.253 e. The van der Waals surface area contributed by atoms with E-state index in [1.807, 2.05) is 40.7 Å². The second kappa shape index (κ2) is 6.15. The summed E-state index contributed by atoms with van der Waals surface area (Å²) in [6, 6.07) is 3.57. The monoisotopic (exact) mass is 264 g/mol. The van der Waals surface area contributed by atoms with Crippen LogP contribution in [-0.2, 0) is 0 Å². The third-order valence-electron chi connectivity index (χ3n) is 3.24. The molecule has 19 heavy (non-hydrogen) atoms. The molecule has 0 spiro atoms. The SMILES string of the molecule is Cc1ccc(C(=O)NC(CCO)C(C)(C)C)c(C)n1. The standard InChI is InChI=1S/C15H24N2O2/c1-10-6-7-12(11(2)16-10)14(19)17-13(8-9-18)15(3,4)5/h6-7,13,18H,8-9H2,1-5H3,(H,17,19). The van der Waals surface area contributed by atoms with Crippen molar-refractivity contribution >= 4 is 5.91 Å². The van der Waals surface area contributed by atoms with Crippen LogP contribution >= 0.6 is 0 Å². The number of aryl methyl sites for hydroxylation is 2. The van der Waals surface area contributed by atoms with Gasteiger partial charge in [-0.25, -0.2) is 0 Å². The molecule has 1 atom stereocenters. The van der Waals surface area contributed by atoms with E-state index in [0.717, 1.165) is 11.4 Å². The van der Waals surface area contributed by atoms with Crippen LogP contribution < -0.4 is 5.32 Å². The topological polar surface area (TPSA) is 62.2 Å². The molecular weight excluding hydrogens is 240 g/mol. The molecule has 0 radical (unpaired) electrons. The largest absolute Gasteiger partial charge is 0.396 e. The summed E-state index contributed by atoms with van der Waals surface area (Å²) in [7, 11) is 0. The van der Waals surface area contributed by atoms with Crippen molar-refractivity contribution in [2.24, 2.45) is 5.41 Å². The average Bonchev–Trinajstić information content (AvgIpc) is 2.26. The Bertz CT molecular complexity index is 450. The summed E-state index contributed by atoms with van der Waals surface area (Å²) < 4.78 is 0. The second-order valence-electron chi connectivity index (χ2n) is 5.99. The molecule has 1 aromatic rings. The zero-order valence-corrected chi connectivity index (χ0v) is 12.4. The molecule has 0 bridgehead atoms. The summed E-state index contributed by atoms with van der Waals surface area (Å²) in [5.41, 5.74) is 2.13. The van der Waals surface area contributed by atoms with E-state index in [4.69, 9.17) is 5.11 Å². The second-order valence-corrected chi connectivity index (χ2v) is 5.99. The summed E-state index contributed by atoms with van der Waals surface area (Å²) in [4.78, 5) is 16.6. The molecule has 0 aliphatic heterocycles. The number of pyridine rings is 1. The molecule has 0 aliphatic carbocycles. The number of hydrogen-bond acceptors (Lipinski definition) is 3. The van der Waals surface area contributed by atoms with E-state index in [2.05, 4.69) is 10.3 Å². The summed E-state index contributed by atoms with van der Waals surface area (Å²) >= 11 is 0. The van der Waals surface area contributed by atoms with Crippen LogP contribution in [-0.4, -0.2) is 28.6 Å². The van der Waals surface area contributed by atoms with Gasteiger partial charge in [-0.05, 0) is 37.8 Å². The van der Waals surface area contributed by atoms with Crippen molar-refractivity contribution in [3.8, 4) is 0 Å². The fourth-order valence-corrected chi connectivity index (χ4v) is 2.01. The first-order valence-electron chi connectivity index (χ1n) is 6.61. The Kier molecular flexibility index (Phi) is 5.06. The molecule has 1 aromatic heterocycles. The van der Waals surface area contributed by atoms with Gasteiger partial charge in [0.25, 0.3) is 5.91 Å². The fraction of sp³-hybridized carbons (Fsp3) is 0.600. The highest BCUT2D eigenvalue weighted by Crippen LogP contribution is 2.22. The predicted octanol–water partition coefficient (Wildman–Crippen LogP) is 2.23. The predicted molar refractivity (Wildman–Crippen MR) is 76.1 cm³/mol. The number of amides is 1. The highest BCUT2D eigenvalue weighted by Gasteiger charge is 2.26. The lowest BCUT2D eigenvalue weighted by atomic mass is 9.84. The zero-order valence-electron chi connectivity index (χ0n) is 12.4. The Morgan fingerprint density at radius 2 is 2.00 bits per heavy atom. The van der Waals surface area contributed by atoms with E-state index in [0.29, 0.717) is 12.0 Å². The van der Waals surface area contributed by atoms with Gasteiger partial charge in [0, 0.05) is 18.3 Å². The van der Waals surface area contributed by atoms with Gasteiger partial charge in [-0.1, -0.05) is 20.8 Å². The lowest BCUT2D eigenvalue weighted by molar-refractivity contribution is 0.0884. The van der Waals surface area contributed by atoms with E-state index < -0.39 is 0 Å². The molecule has 0 saturated carbocycles. The van der Waals surface area contributed by atoms with Gasteiger partial charge >= 0.3 is 0 Å². The molecule has 1 rings (SSSR count). The zero-order chi connectivity index (χ0) is 14.6. The number of hydrogen-bond donors (Lipinski definition) is 2. The summed E-state index contributed by atoms with van der Waals surface area (Å²) in [6.07, 6.45) is 0.549. The Morgan fingerprint density at radius 3 is 2.47 bits per heavy atom. The number of carbonyl (C=O) groups is 1. The maximum absolute atomic E-state index is 12.3. The van der Waals surface area contributed by atoms with E-state index in [1.165, 1.54) is 0 Å². The van der Waals surface area contributed by atoms with Crippen molar-refractivity contribution in [2.75, 3.05) is 6.61 Å². The quantitative estimate of drug-likeness (QED) is 0.876. The Labute approximate surface area is 115 Å². The summed E-state index contributed by atoms with van der Waals surface area (Å²) in [6.45, 7) is 9.95. The highest BCUT2D eigenvalue weighted by molar-refractivity contribution is 5.95. The summed E-state index contributed by atoms with van der Waals surface area (Å²) in [5, 5.41) is 12.1. The number of nitrogens with one attached hydrogen (secondary N) is 1. The van der Waals surface area contributed by atoms with Crippen LogP contribution in [0.25, 0.3) is 0 Å². The highest BCUT2D eigenvalue weighted by atomic mass is 16.3. The van der Waals surface area contributed by atoms with Crippen molar-refractivity contribution in [1.29, 1.82) is 0 Å². The van der Waals surface area contributed by atoms with Crippen molar-refractivity contribution in [2.45, 2.75) is 47.1 Å². The molecule has 4 nitrogen and oxygen atoms in total. The van der Waals surface area contributed by atoms with E-state index >= 15 is 0 Å². The molecule has 4 heteroatoms. The van der Waals surface area contributed by atoms with Crippen molar-refractivity contribution in [3.05, 3.63) is 29.1 Å². The molecule has 2 N–H and O–H groups in total. The smallest absolute Gasteiger partial charge is 0.253 e. The van der Waals surface area contributed by atoms with Gasteiger partial charge < -0.3 is 10.4 Å². The lowest BCUT2D eigenvalue weighted by Gasteiger charge is -2.31. The van der Waals surface area contributed by atoms with Crippen LogP contribution in [0.3, 0.4) is 0 Å². The molecule has 1 amide bonds. The van der Waals surface area contributed by atoms with Gasteiger partial charge in [-0.15, -0.1) is 0 Å². The van der Waals surface area contributed by atoms with Gasteiger partial charge in [-0.2, -0.15) is 0 Å². The fourth-order valence-electron chi connectivity index (χ4n) is 2.01. The van der Waals surface area contributed by atoms with Gasteiger partial charge in [0.2, 0.25) is 0 Å². The van der Waals surface area contributed by atoms with Crippen LogP contribution in [0.2, 0.25) is 0 Å².